The van der Waals surface area contributed by atoms with Crippen LogP contribution in [-0.4, -0.2) is 17.7 Å². The number of nitrogens with zero attached hydrogens (tertiary/aromatic N) is 2. The number of hydrogen-bond acceptors (Lipinski definition) is 6. The molecule has 8 heteroatoms. The zero-order valence-corrected chi connectivity index (χ0v) is 15.4. The molecule has 2 rings (SSSR count). The molecule has 0 saturated heterocycles. The van der Waals surface area contributed by atoms with E-state index in [2.05, 4.69) is 10.6 Å². The molecule has 0 aromatic heterocycles. The molecule has 0 fully saturated rings. The molecular weight excluding hydrogens is 358 g/mol. The van der Waals surface area contributed by atoms with E-state index in [-0.39, 0.29) is 11.5 Å². The molecule has 142 valence electrons. The van der Waals surface area contributed by atoms with Crippen LogP contribution in [0.1, 0.15) is 13.8 Å². The fourth-order valence-electron chi connectivity index (χ4n) is 2.37. The molecule has 3 amide bonds. The topological polar surface area (TPSA) is 128 Å². The molecule has 0 saturated carbocycles. The predicted octanol–water partition coefficient (Wildman–Crippen LogP) is 2.63. The number of imide groups is 1. The SMILES string of the molecule is CC(=O)Nc1cccc(N/C=C(/C#N)C(=O)N(C(C)=O)c2ccc(N)cc2)c1. The van der Waals surface area contributed by atoms with Crippen molar-refractivity contribution in [2.24, 2.45) is 0 Å². The van der Waals surface area contributed by atoms with Crippen LogP contribution in [-0.2, 0) is 14.4 Å². The van der Waals surface area contributed by atoms with E-state index in [1.54, 1.807) is 42.5 Å². The van der Waals surface area contributed by atoms with Crippen LogP contribution < -0.4 is 21.3 Å². The molecule has 0 aliphatic carbocycles. The third-order valence-electron chi connectivity index (χ3n) is 3.59. The van der Waals surface area contributed by atoms with Crippen molar-refractivity contribution in [1.82, 2.24) is 0 Å². The van der Waals surface area contributed by atoms with Gasteiger partial charge in [0, 0.05) is 37.1 Å². The second-order valence-corrected chi connectivity index (χ2v) is 5.83. The third kappa shape index (κ3) is 5.19. The van der Waals surface area contributed by atoms with Crippen molar-refractivity contribution in [1.29, 1.82) is 5.26 Å². The van der Waals surface area contributed by atoms with Gasteiger partial charge in [-0.3, -0.25) is 14.4 Å². The van der Waals surface area contributed by atoms with Gasteiger partial charge in [-0.05, 0) is 42.5 Å². The van der Waals surface area contributed by atoms with E-state index in [4.69, 9.17) is 5.73 Å². The Hall–Kier alpha value is -4.12. The molecular formula is C20H19N5O3. The van der Waals surface area contributed by atoms with E-state index in [9.17, 15) is 19.6 Å². The number of benzene rings is 2. The van der Waals surface area contributed by atoms with Crippen LogP contribution in [0.4, 0.5) is 22.7 Å². The molecule has 0 aliphatic heterocycles. The number of amides is 3. The van der Waals surface area contributed by atoms with Crippen LogP contribution in [0.2, 0.25) is 0 Å². The highest BCUT2D eigenvalue weighted by Crippen LogP contribution is 2.20. The summed E-state index contributed by atoms with van der Waals surface area (Å²) in [4.78, 5) is 36.7. The summed E-state index contributed by atoms with van der Waals surface area (Å²) in [6.45, 7) is 2.62. The van der Waals surface area contributed by atoms with Crippen LogP contribution in [0, 0.1) is 11.3 Å². The molecule has 28 heavy (non-hydrogen) atoms. The zero-order chi connectivity index (χ0) is 20.7. The van der Waals surface area contributed by atoms with Crippen molar-refractivity contribution in [3.8, 4) is 6.07 Å². The van der Waals surface area contributed by atoms with E-state index >= 15 is 0 Å². The van der Waals surface area contributed by atoms with Gasteiger partial charge in [0.05, 0.1) is 5.69 Å². The minimum atomic E-state index is -0.773. The lowest BCUT2D eigenvalue weighted by atomic mass is 10.2. The van der Waals surface area contributed by atoms with Crippen molar-refractivity contribution in [2.75, 3.05) is 21.3 Å². The molecule has 0 aliphatic rings. The Labute approximate surface area is 162 Å². The standard InChI is InChI=1S/C20H19N5O3/c1-13(26)24-18-5-3-4-17(10-18)23-12-15(11-21)20(28)25(14(2)27)19-8-6-16(22)7-9-19/h3-10,12,23H,22H2,1-2H3,(H,24,26)/b15-12-. The van der Waals surface area contributed by atoms with Crippen molar-refractivity contribution in [3.05, 3.63) is 60.3 Å². The lowest BCUT2D eigenvalue weighted by molar-refractivity contribution is -0.123. The largest absolute Gasteiger partial charge is 0.399 e. The van der Waals surface area contributed by atoms with E-state index in [1.807, 2.05) is 0 Å². The van der Waals surface area contributed by atoms with Gasteiger partial charge in [-0.25, -0.2) is 4.90 Å². The van der Waals surface area contributed by atoms with Gasteiger partial charge in [0.2, 0.25) is 11.8 Å². The minimum Gasteiger partial charge on any atom is -0.399 e. The van der Waals surface area contributed by atoms with Crippen molar-refractivity contribution >= 4 is 40.5 Å². The lowest BCUT2D eigenvalue weighted by Crippen LogP contribution is -2.36. The monoisotopic (exact) mass is 377 g/mol. The number of hydrogen-bond donors (Lipinski definition) is 3. The second-order valence-electron chi connectivity index (χ2n) is 5.83. The average Bonchev–Trinajstić information content (AvgIpc) is 2.63. The van der Waals surface area contributed by atoms with E-state index in [0.717, 1.165) is 4.90 Å². The number of nitrogen functional groups attached to an aromatic ring is 1. The molecule has 4 N–H and O–H groups in total. The first-order chi connectivity index (χ1) is 13.3. The maximum absolute atomic E-state index is 12.7. The highest BCUT2D eigenvalue weighted by Gasteiger charge is 2.23. The Bertz CT molecular complexity index is 974. The Balaban J connectivity index is 2.26. The average molecular weight is 377 g/mol. The van der Waals surface area contributed by atoms with Crippen LogP contribution in [0.15, 0.2) is 60.3 Å². The molecule has 0 radical (unpaired) electrons. The summed E-state index contributed by atoms with van der Waals surface area (Å²) in [5.74, 6) is -1.53. The van der Waals surface area contributed by atoms with Crippen LogP contribution in [0.25, 0.3) is 0 Å². The van der Waals surface area contributed by atoms with Crippen LogP contribution >= 0.6 is 0 Å². The number of nitrogens with two attached hydrogens (primary N) is 1. The lowest BCUT2D eigenvalue weighted by Gasteiger charge is -2.19. The fourth-order valence-corrected chi connectivity index (χ4v) is 2.37. The van der Waals surface area contributed by atoms with Gasteiger partial charge in [-0.15, -0.1) is 0 Å². The van der Waals surface area contributed by atoms with Gasteiger partial charge >= 0.3 is 0 Å². The summed E-state index contributed by atoms with van der Waals surface area (Å²) in [6.07, 6.45) is 1.21. The van der Waals surface area contributed by atoms with E-state index < -0.39 is 11.8 Å². The van der Waals surface area contributed by atoms with E-state index in [1.165, 1.54) is 32.2 Å². The Morgan fingerprint density at radius 1 is 1.07 bits per heavy atom. The van der Waals surface area contributed by atoms with Crippen molar-refractivity contribution < 1.29 is 14.4 Å². The third-order valence-corrected chi connectivity index (χ3v) is 3.59. The number of carbonyl (C=O) groups excluding carboxylic acids is 3. The Morgan fingerprint density at radius 3 is 2.29 bits per heavy atom. The van der Waals surface area contributed by atoms with Gasteiger partial charge in [-0.1, -0.05) is 6.07 Å². The highest BCUT2D eigenvalue weighted by molar-refractivity contribution is 6.21. The summed E-state index contributed by atoms with van der Waals surface area (Å²) in [5, 5.41) is 14.8. The van der Waals surface area contributed by atoms with Gasteiger partial charge < -0.3 is 16.4 Å². The molecule has 0 unspecified atom stereocenters. The number of nitriles is 1. The molecule has 2 aromatic carbocycles. The summed E-state index contributed by atoms with van der Waals surface area (Å²) in [6, 6.07) is 14.7. The Morgan fingerprint density at radius 2 is 1.71 bits per heavy atom. The molecule has 8 nitrogen and oxygen atoms in total. The number of carbonyl (C=O) groups is 3. The molecule has 0 heterocycles. The normalized spacial score (nSPS) is 10.5. The smallest absolute Gasteiger partial charge is 0.277 e. The maximum atomic E-state index is 12.7. The van der Waals surface area contributed by atoms with Crippen molar-refractivity contribution in [3.63, 3.8) is 0 Å². The number of nitrogens with one attached hydrogen (secondary N) is 2. The van der Waals surface area contributed by atoms with Crippen LogP contribution in [0.5, 0.6) is 0 Å². The predicted molar refractivity (Wildman–Crippen MR) is 107 cm³/mol. The first-order valence-corrected chi connectivity index (χ1v) is 8.27. The van der Waals surface area contributed by atoms with Crippen molar-refractivity contribution in [2.45, 2.75) is 13.8 Å². The second kappa shape index (κ2) is 9.00. The summed E-state index contributed by atoms with van der Waals surface area (Å²) in [5.41, 5.74) is 7.26. The summed E-state index contributed by atoms with van der Waals surface area (Å²) < 4.78 is 0. The zero-order valence-electron chi connectivity index (χ0n) is 15.4. The first-order valence-electron chi connectivity index (χ1n) is 8.27. The van der Waals surface area contributed by atoms with Gasteiger partial charge in [0.15, 0.2) is 0 Å². The Kier molecular flexibility index (Phi) is 6.49. The summed E-state index contributed by atoms with van der Waals surface area (Å²) >= 11 is 0. The van der Waals surface area contributed by atoms with Gasteiger partial charge in [0.1, 0.15) is 11.6 Å². The van der Waals surface area contributed by atoms with Gasteiger partial charge in [0.25, 0.3) is 5.91 Å². The van der Waals surface area contributed by atoms with Gasteiger partial charge in [-0.2, -0.15) is 5.26 Å². The number of anilines is 4. The maximum Gasteiger partial charge on any atom is 0.277 e. The fraction of sp³-hybridized carbons (Fsp3) is 0.100. The summed E-state index contributed by atoms with van der Waals surface area (Å²) in [7, 11) is 0. The molecule has 0 atom stereocenters. The quantitative estimate of drug-likeness (QED) is 0.417. The molecule has 2 aromatic rings. The first kappa shape index (κ1) is 20.2. The minimum absolute atomic E-state index is 0.221. The van der Waals surface area contributed by atoms with Crippen LogP contribution in [0.3, 0.4) is 0 Å². The van der Waals surface area contributed by atoms with E-state index in [0.29, 0.717) is 22.7 Å². The number of rotatable bonds is 5. The molecule has 0 spiro atoms. The molecule has 0 bridgehead atoms. The highest BCUT2D eigenvalue weighted by atomic mass is 16.2.